The molecule has 2 rings (SSSR count). The zero-order chi connectivity index (χ0) is 15.4. The summed E-state index contributed by atoms with van der Waals surface area (Å²) < 4.78 is 0. The predicted octanol–water partition coefficient (Wildman–Crippen LogP) is 1.14. The second-order valence-electron chi connectivity index (χ2n) is 4.97. The van der Waals surface area contributed by atoms with E-state index in [1.165, 1.54) is 13.1 Å². The number of hydrogen-bond acceptors (Lipinski definition) is 5. The van der Waals surface area contributed by atoms with E-state index in [1.807, 2.05) is 11.8 Å². The number of carbonyl (C=O) groups excluding carboxylic acids is 1. The molecule has 1 aromatic rings. The van der Waals surface area contributed by atoms with Crippen LogP contribution in [0.15, 0.2) is 18.2 Å². The van der Waals surface area contributed by atoms with Gasteiger partial charge in [0.25, 0.3) is 11.6 Å². The van der Waals surface area contributed by atoms with Crippen molar-refractivity contribution < 1.29 is 9.72 Å². The summed E-state index contributed by atoms with van der Waals surface area (Å²) >= 11 is 0. The van der Waals surface area contributed by atoms with Crippen LogP contribution >= 0.6 is 0 Å². The summed E-state index contributed by atoms with van der Waals surface area (Å²) in [5.41, 5.74) is 0.849. The molecule has 1 aliphatic heterocycles. The maximum absolute atomic E-state index is 11.6. The van der Waals surface area contributed by atoms with Gasteiger partial charge in [0, 0.05) is 37.8 Å². The van der Waals surface area contributed by atoms with Crippen molar-refractivity contribution in [3.63, 3.8) is 0 Å². The van der Waals surface area contributed by atoms with E-state index in [2.05, 4.69) is 10.6 Å². The Bertz CT molecular complexity index is 541. The molecule has 0 radical (unpaired) electrons. The highest BCUT2D eigenvalue weighted by molar-refractivity contribution is 5.95. The van der Waals surface area contributed by atoms with Crippen molar-refractivity contribution >= 4 is 17.3 Å². The Balaban J connectivity index is 2.41. The highest BCUT2D eigenvalue weighted by Gasteiger charge is 2.27. The first-order valence-corrected chi connectivity index (χ1v) is 7.06. The second-order valence-corrected chi connectivity index (χ2v) is 4.97. The second kappa shape index (κ2) is 6.53. The lowest BCUT2D eigenvalue weighted by molar-refractivity contribution is -0.384. The van der Waals surface area contributed by atoms with Crippen molar-refractivity contribution in [2.75, 3.05) is 31.6 Å². The fourth-order valence-electron chi connectivity index (χ4n) is 2.73. The molecule has 2 N–H and O–H groups in total. The van der Waals surface area contributed by atoms with Crippen molar-refractivity contribution in [1.82, 2.24) is 10.6 Å². The summed E-state index contributed by atoms with van der Waals surface area (Å²) in [5, 5.41) is 17.1. The number of likely N-dealkylation sites (N-methyl/N-ethyl adjacent to an activating group) is 1. The van der Waals surface area contributed by atoms with Crippen LogP contribution in [0.4, 0.5) is 11.4 Å². The fraction of sp³-hybridized carbons (Fsp3) is 0.500. The fourth-order valence-corrected chi connectivity index (χ4v) is 2.73. The monoisotopic (exact) mass is 292 g/mol. The topological polar surface area (TPSA) is 87.5 Å². The molecule has 1 saturated heterocycles. The maximum Gasteiger partial charge on any atom is 0.293 e. The first-order valence-electron chi connectivity index (χ1n) is 7.06. The Hall–Kier alpha value is -2.15. The molecule has 0 bridgehead atoms. The quantitative estimate of drug-likeness (QED) is 0.628. The molecule has 1 atom stereocenters. The minimum atomic E-state index is -0.424. The molecule has 1 amide bonds. The smallest absolute Gasteiger partial charge is 0.293 e. The van der Waals surface area contributed by atoms with Gasteiger partial charge in [0.2, 0.25) is 0 Å². The lowest BCUT2D eigenvalue weighted by atomic mass is 10.1. The Morgan fingerprint density at radius 1 is 1.57 bits per heavy atom. The average molecular weight is 292 g/mol. The van der Waals surface area contributed by atoms with Crippen LogP contribution in [0, 0.1) is 10.1 Å². The van der Waals surface area contributed by atoms with Crippen LogP contribution in [0.3, 0.4) is 0 Å². The van der Waals surface area contributed by atoms with Gasteiger partial charge < -0.3 is 15.5 Å². The molecular weight excluding hydrogens is 272 g/mol. The third-order valence-electron chi connectivity index (χ3n) is 3.79. The minimum Gasteiger partial charge on any atom is -0.362 e. The normalized spacial score (nSPS) is 17.5. The van der Waals surface area contributed by atoms with Gasteiger partial charge in [-0.25, -0.2) is 0 Å². The lowest BCUT2D eigenvalue weighted by Crippen LogP contribution is -2.37. The third-order valence-corrected chi connectivity index (χ3v) is 3.79. The molecule has 1 aromatic carbocycles. The molecule has 1 fully saturated rings. The molecule has 1 heterocycles. The molecule has 0 saturated carbocycles. The van der Waals surface area contributed by atoms with Gasteiger partial charge in [-0.05, 0) is 32.0 Å². The van der Waals surface area contributed by atoms with E-state index in [1.54, 1.807) is 12.1 Å². The molecule has 0 spiro atoms. The van der Waals surface area contributed by atoms with Gasteiger partial charge in [0.05, 0.1) is 4.92 Å². The van der Waals surface area contributed by atoms with E-state index < -0.39 is 4.92 Å². The van der Waals surface area contributed by atoms with Gasteiger partial charge in [0.1, 0.15) is 5.69 Å². The van der Waals surface area contributed by atoms with Crippen LogP contribution in [-0.4, -0.2) is 43.6 Å². The van der Waals surface area contributed by atoms with Crippen molar-refractivity contribution in [2.24, 2.45) is 0 Å². The minimum absolute atomic E-state index is 0.0233. The van der Waals surface area contributed by atoms with Crippen molar-refractivity contribution in [3.05, 3.63) is 33.9 Å². The number of carbonyl (C=O) groups is 1. The Morgan fingerprint density at radius 3 is 2.86 bits per heavy atom. The van der Waals surface area contributed by atoms with Crippen LogP contribution in [0.2, 0.25) is 0 Å². The van der Waals surface area contributed by atoms with E-state index >= 15 is 0 Å². The number of amides is 1. The molecule has 0 aliphatic carbocycles. The number of nitro benzene ring substituents is 1. The lowest BCUT2D eigenvalue weighted by Gasteiger charge is -2.29. The standard InChI is InChI=1S/C14H20N4O3/c1-3-17(11-6-7-16-9-11)12-5-4-10(14(19)15-2)8-13(12)18(20)21/h4-5,8,11,16H,3,6-7,9H2,1-2H3,(H,15,19). The van der Waals surface area contributed by atoms with E-state index in [9.17, 15) is 14.9 Å². The molecule has 7 heteroatoms. The largest absolute Gasteiger partial charge is 0.362 e. The number of hydrogen-bond donors (Lipinski definition) is 2. The molecule has 0 aromatic heterocycles. The zero-order valence-corrected chi connectivity index (χ0v) is 12.3. The van der Waals surface area contributed by atoms with Gasteiger partial charge in [-0.1, -0.05) is 0 Å². The van der Waals surface area contributed by atoms with Crippen molar-refractivity contribution in [2.45, 2.75) is 19.4 Å². The molecule has 114 valence electrons. The Morgan fingerprint density at radius 2 is 2.33 bits per heavy atom. The summed E-state index contributed by atoms with van der Waals surface area (Å²) in [6.07, 6.45) is 0.961. The van der Waals surface area contributed by atoms with Gasteiger partial charge in [-0.3, -0.25) is 14.9 Å². The van der Waals surface area contributed by atoms with E-state index in [-0.39, 0.29) is 17.6 Å². The summed E-state index contributed by atoms with van der Waals surface area (Å²) in [4.78, 5) is 24.6. The summed E-state index contributed by atoms with van der Waals surface area (Å²) in [5.74, 6) is -0.324. The van der Waals surface area contributed by atoms with Gasteiger partial charge in [-0.2, -0.15) is 0 Å². The summed E-state index contributed by atoms with van der Waals surface area (Å²) in [7, 11) is 1.50. The summed E-state index contributed by atoms with van der Waals surface area (Å²) in [6, 6.07) is 4.90. The van der Waals surface area contributed by atoms with Gasteiger partial charge >= 0.3 is 0 Å². The summed E-state index contributed by atoms with van der Waals surface area (Å²) in [6.45, 7) is 4.41. The van der Waals surface area contributed by atoms with Crippen LogP contribution < -0.4 is 15.5 Å². The first kappa shape index (κ1) is 15.2. The number of anilines is 1. The number of rotatable bonds is 5. The Labute approximate surface area is 123 Å². The van der Waals surface area contributed by atoms with Crippen LogP contribution in [0.25, 0.3) is 0 Å². The molecular formula is C14H20N4O3. The number of nitrogens with zero attached hydrogens (tertiary/aromatic N) is 2. The van der Waals surface area contributed by atoms with Gasteiger partial charge in [-0.15, -0.1) is 0 Å². The number of nitro groups is 1. The van der Waals surface area contributed by atoms with Crippen LogP contribution in [-0.2, 0) is 0 Å². The van der Waals surface area contributed by atoms with Crippen molar-refractivity contribution in [1.29, 1.82) is 0 Å². The van der Waals surface area contributed by atoms with Crippen molar-refractivity contribution in [3.8, 4) is 0 Å². The highest BCUT2D eigenvalue weighted by Crippen LogP contribution is 2.31. The molecule has 1 aliphatic rings. The highest BCUT2D eigenvalue weighted by atomic mass is 16.6. The van der Waals surface area contributed by atoms with E-state index in [0.717, 1.165) is 19.5 Å². The molecule has 21 heavy (non-hydrogen) atoms. The molecule has 1 unspecified atom stereocenters. The average Bonchev–Trinajstić information content (AvgIpc) is 3.01. The number of benzene rings is 1. The van der Waals surface area contributed by atoms with E-state index in [4.69, 9.17) is 0 Å². The first-order chi connectivity index (χ1) is 10.1. The predicted molar refractivity (Wildman–Crippen MR) is 80.8 cm³/mol. The number of nitrogens with one attached hydrogen (secondary N) is 2. The SMILES string of the molecule is CCN(c1ccc(C(=O)NC)cc1[N+](=O)[O-])C1CCNC1. The Kier molecular flexibility index (Phi) is 4.74. The van der Waals surface area contributed by atoms with Gasteiger partial charge in [0.15, 0.2) is 0 Å². The maximum atomic E-state index is 11.6. The molecule has 7 nitrogen and oxygen atoms in total. The van der Waals surface area contributed by atoms with Crippen LogP contribution in [0.5, 0.6) is 0 Å². The van der Waals surface area contributed by atoms with E-state index in [0.29, 0.717) is 17.8 Å². The third kappa shape index (κ3) is 3.13. The zero-order valence-electron chi connectivity index (χ0n) is 12.3. The van der Waals surface area contributed by atoms with Crippen LogP contribution in [0.1, 0.15) is 23.7 Å².